The predicted molar refractivity (Wildman–Crippen MR) is 84.7 cm³/mol. The Kier molecular flexibility index (Phi) is 4.81. The molecule has 0 spiro atoms. The van der Waals surface area contributed by atoms with E-state index in [1.165, 1.54) is 12.1 Å². The molecule has 0 fully saturated rings. The number of halogens is 2. The number of anilines is 2. The molecule has 21 heavy (non-hydrogen) atoms. The topological polar surface area (TPSA) is 41.1 Å². The largest absolute Gasteiger partial charge is 0.385 e. The maximum atomic E-state index is 13.8. The fraction of sp³-hybridized carbons (Fsp3) is 0.188. The van der Waals surface area contributed by atoms with E-state index in [-0.39, 0.29) is 16.6 Å². The average molecular weight is 307 g/mol. The van der Waals surface area contributed by atoms with Crippen LogP contribution >= 0.6 is 11.6 Å². The average Bonchev–Trinajstić information content (AvgIpc) is 2.46. The third-order valence-electron chi connectivity index (χ3n) is 3.06. The van der Waals surface area contributed by atoms with Crippen molar-refractivity contribution in [2.75, 3.05) is 17.2 Å². The van der Waals surface area contributed by atoms with Crippen molar-refractivity contribution in [3.63, 3.8) is 0 Å². The lowest BCUT2D eigenvalue weighted by Crippen LogP contribution is -2.13. The Labute approximate surface area is 128 Å². The fourth-order valence-electron chi connectivity index (χ4n) is 1.99. The minimum atomic E-state index is -0.631. The summed E-state index contributed by atoms with van der Waals surface area (Å²) in [5, 5.41) is 5.70. The van der Waals surface area contributed by atoms with Gasteiger partial charge in [0.15, 0.2) is 5.82 Å². The van der Waals surface area contributed by atoms with E-state index >= 15 is 0 Å². The minimum Gasteiger partial charge on any atom is -0.385 e. The summed E-state index contributed by atoms with van der Waals surface area (Å²) in [4.78, 5) is 12.2. The van der Waals surface area contributed by atoms with Crippen LogP contribution in [-0.4, -0.2) is 12.5 Å². The van der Waals surface area contributed by atoms with Gasteiger partial charge in [0.05, 0.1) is 10.7 Å². The zero-order valence-electron chi connectivity index (χ0n) is 11.8. The Morgan fingerprint density at radius 1 is 1.24 bits per heavy atom. The quantitative estimate of drug-likeness (QED) is 0.875. The zero-order valence-corrected chi connectivity index (χ0v) is 12.6. The molecule has 2 aromatic carbocycles. The molecular weight excluding hydrogens is 291 g/mol. The summed E-state index contributed by atoms with van der Waals surface area (Å²) in [7, 11) is 0. The van der Waals surface area contributed by atoms with Gasteiger partial charge in [-0.15, -0.1) is 0 Å². The highest BCUT2D eigenvalue weighted by Gasteiger charge is 2.12. The maximum Gasteiger partial charge on any atom is 0.255 e. The summed E-state index contributed by atoms with van der Waals surface area (Å²) in [5.41, 5.74) is 2.47. The van der Waals surface area contributed by atoms with Gasteiger partial charge >= 0.3 is 0 Å². The molecule has 2 N–H and O–H groups in total. The lowest BCUT2D eigenvalue weighted by molar-refractivity contribution is 0.102. The lowest BCUT2D eigenvalue weighted by atomic mass is 10.1. The number of hydrogen-bond donors (Lipinski definition) is 2. The van der Waals surface area contributed by atoms with Crippen LogP contribution in [0.4, 0.5) is 15.8 Å². The number of rotatable bonds is 4. The number of carbonyl (C=O) groups is 1. The Morgan fingerprint density at radius 3 is 2.67 bits per heavy atom. The van der Waals surface area contributed by atoms with Crippen LogP contribution in [0.25, 0.3) is 0 Å². The Morgan fingerprint density at radius 2 is 2.00 bits per heavy atom. The second-order valence-corrected chi connectivity index (χ2v) is 5.02. The molecule has 0 saturated heterocycles. The molecule has 5 heteroatoms. The van der Waals surface area contributed by atoms with Crippen molar-refractivity contribution >= 4 is 28.9 Å². The van der Waals surface area contributed by atoms with Crippen LogP contribution in [0.5, 0.6) is 0 Å². The van der Waals surface area contributed by atoms with Crippen LogP contribution < -0.4 is 10.6 Å². The molecule has 0 heterocycles. The molecule has 110 valence electrons. The van der Waals surface area contributed by atoms with Gasteiger partial charge in [0.1, 0.15) is 0 Å². The summed E-state index contributed by atoms with van der Waals surface area (Å²) in [5.74, 6) is -1.00. The standard InChI is InChI=1S/C16H16ClFN2O/c1-3-19-13-8-7-11(9-10(13)2)16(21)20-14-6-4-5-12(17)15(14)18/h4-9,19H,3H2,1-2H3,(H,20,21). The van der Waals surface area contributed by atoms with E-state index in [1.807, 2.05) is 19.9 Å². The van der Waals surface area contributed by atoms with E-state index in [0.29, 0.717) is 5.56 Å². The normalized spacial score (nSPS) is 10.3. The van der Waals surface area contributed by atoms with E-state index in [9.17, 15) is 9.18 Å². The highest BCUT2D eigenvalue weighted by molar-refractivity contribution is 6.31. The first-order valence-corrected chi connectivity index (χ1v) is 7.00. The number of hydrogen-bond acceptors (Lipinski definition) is 2. The number of aryl methyl sites for hydroxylation is 1. The van der Waals surface area contributed by atoms with Gasteiger partial charge in [0, 0.05) is 17.8 Å². The van der Waals surface area contributed by atoms with E-state index in [1.54, 1.807) is 18.2 Å². The number of benzene rings is 2. The van der Waals surface area contributed by atoms with E-state index in [0.717, 1.165) is 17.8 Å². The summed E-state index contributed by atoms with van der Waals surface area (Å²) in [6, 6.07) is 9.78. The van der Waals surface area contributed by atoms with Gasteiger partial charge in [0.2, 0.25) is 0 Å². The Balaban J connectivity index is 2.21. The van der Waals surface area contributed by atoms with Crippen molar-refractivity contribution in [3.8, 4) is 0 Å². The van der Waals surface area contributed by atoms with Crippen molar-refractivity contribution < 1.29 is 9.18 Å². The van der Waals surface area contributed by atoms with Crippen molar-refractivity contribution in [1.29, 1.82) is 0 Å². The molecule has 0 atom stereocenters. The maximum absolute atomic E-state index is 13.8. The van der Waals surface area contributed by atoms with Crippen LogP contribution in [0.15, 0.2) is 36.4 Å². The smallest absolute Gasteiger partial charge is 0.255 e. The van der Waals surface area contributed by atoms with E-state index in [2.05, 4.69) is 10.6 Å². The molecule has 2 aromatic rings. The number of amides is 1. The van der Waals surface area contributed by atoms with Gasteiger partial charge in [-0.25, -0.2) is 4.39 Å². The second kappa shape index (κ2) is 6.59. The first kappa shape index (κ1) is 15.3. The van der Waals surface area contributed by atoms with Crippen LogP contribution in [0.3, 0.4) is 0 Å². The molecule has 1 amide bonds. The van der Waals surface area contributed by atoms with Crippen molar-refractivity contribution in [2.24, 2.45) is 0 Å². The highest BCUT2D eigenvalue weighted by Crippen LogP contribution is 2.23. The van der Waals surface area contributed by atoms with Crippen molar-refractivity contribution in [2.45, 2.75) is 13.8 Å². The van der Waals surface area contributed by atoms with Crippen LogP contribution in [0.2, 0.25) is 5.02 Å². The molecule has 0 aromatic heterocycles. The van der Waals surface area contributed by atoms with E-state index < -0.39 is 5.82 Å². The molecule has 0 bridgehead atoms. The molecule has 3 nitrogen and oxygen atoms in total. The molecule has 0 aliphatic carbocycles. The monoisotopic (exact) mass is 306 g/mol. The third-order valence-corrected chi connectivity index (χ3v) is 3.35. The van der Waals surface area contributed by atoms with Gasteiger partial charge in [-0.2, -0.15) is 0 Å². The highest BCUT2D eigenvalue weighted by atomic mass is 35.5. The number of carbonyl (C=O) groups excluding carboxylic acids is 1. The first-order valence-electron chi connectivity index (χ1n) is 6.62. The molecule has 0 saturated carbocycles. The Bertz CT molecular complexity index is 673. The zero-order chi connectivity index (χ0) is 15.4. The van der Waals surface area contributed by atoms with Gasteiger partial charge in [-0.1, -0.05) is 17.7 Å². The van der Waals surface area contributed by atoms with Crippen molar-refractivity contribution in [3.05, 3.63) is 58.4 Å². The molecule has 0 radical (unpaired) electrons. The molecular formula is C16H16ClFN2O. The predicted octanol–water partition coefficient (Wildman–Crippen LogP) is 4.47. The van der Waals surface area contributed by atoms with Crippen LogP contribution in [-0.2, 0) is 0 Å². The van der Waals surface area contributed by atoms with Crippen molar-refractivity contribution in [1.82, 2.24) is 0 Å². The minimum absolute atomic E-state index is 0.0218. The van der Waals surface area contributed by atoms with Gasteiger partial charge in [-0.3, -0.25) is 4.79 Å². The fourth-order valence-corrected chi connectivity index (χ4v) is 2.16. The summed E-state index contributed by atoms with van der Waals surface area (Å²) < 4.78 is 13.8. The summed E-state index contributed by atoms with van der Waals surface area (Å²) in [6.07, 6.45) is 0. The van der Waals surface area contributed by atoms with Gasteiger partial charge in [0.25, 0.3) is 5.91 Å². The summed E-state index contributed by atoms with van der Waals surface area (Å²) in [6.45, 7) is 4.72. The van der Waals surface area contributed by atoms with Crippen LogP contribution in [0.1, 0.15) is 22.8 Å². The second-order valence-electron chi connectivity index (χ2n) is 4.62. The lowest BCUT2D eigenvalue weighted by Gasteiger charge is -2.11. The molecule has 0 aliphatic heterocycles. The first-order chi connectivity index (χ1) is 10.0. The van der Waals surface area contributed by atoms with Gasteiger partial charge < -0.3 is 10.6 Å². The summed E-state index contributed by atoms with van der Waals surface area (Å²) >= 11 is 5.69. The third kappa shape index (κ3) is 3.52. The van der Waals surface area contributed by atoms with Gasteiger partial charge in [-0.05, 0) is 49.7 Å². The number of nitrogens with one attached hydrogen (secondary N) is 2. The Hall–Kier alpha value is -2.07. The SMILES string of the molecule is CCNc1ccc(C(=O)Nc2cccc(Cl)c2F)cc1C. The van der Waals surface area contributed by atoms with E-state index in [4.69, 9.17) is 11.6 Å². The molecule has 0 unspecified atom stereocenters. The van der Waals surface area contributed by atoms with Crippen LogP contribution in [0, 0.1) is 12.7 Å². The molecule has 0 aliphatic rings. The molecule has 2 rings (SSSR count).